The summed E-state index contributed by atoms with van der Waals surface area (Å²) in [5.74, 6) is 0.784. The first-order chi connectivity index (χ1) is 8.66. The Morgan fingerprint density at radius 2 is 1.94 bits per heavy atom. The Balaban J connectivity index is 2.29. The van der Waals surface area contributed by atoms with Crippen LogP contribution in [0, 0.1) is 13.8 Å². The normalized spacial score (nSPS) is 11.0. The summed E-state index contributed by atoms with van der Waals surface area (Å²) in [6.07, 6.45) is 1.97. The summed E-state index contributed by atoms with van der Waals surface area (Å²) in [5, 5.41) is 8.43. The van der Waals surface area contributed by atoms with E-state index >= 15 is 0 Å². The van der Waals surface area contributed by atoms with Crippen LogP contribution in [0.25, 0.3) is 17.0 Å². The molecule has 1 aromatic carbocycles. The maximum Gasteiger partial charge on any atom is 0.170 e. The molecular formula is C14H14N4. The molecule has 2 N–H and O–H groups in total. The number of nitrogens with two attached hydrogens (primary N) is 1. The van der Waals surface area contributed by atoms with Gasteiger partial charge in [-0.05, 0) is 43.2 Å². The fourth-order valence-corrected chi connectivity index (χ4v) is 2.05. The molecule has 0 aliphatic heterocycles. The molecule has 3 aromatic rings. The molecule has 0 saturated heterocycles. The highest BCUT2D eigenvalue weighted by molar-refractivity contribution is 5.75. The minimum Gasteiger partial charge on any atom is -0.398 e. The second-order valence-electron chi connectivity index (χ2n) is 4.49. The average molecular weight is 238 g/mol. The van der Waals surface area contributed by atoms with Gasteiger partial charge < -0.3 is 5.73 Å². The predicted molar refractivity (Wildman–Crippen MR) is 72.3 cm³/mol. The number of aromatic nitrogens is 3. The lowest BCUT2D eigenvalue weighted by atomic mass is 10.1. The van der Waals surface area contributed by atoms with Crippen LogP contribution in [-0.2, 0) is 0 Å². The van der Waals surface area contributed by atoms with Gasteiger partial charge in [-0.15, -0.1) is 10.2 Å². The first-order valence-corrected chi connectivity index (χ1v) is 5.83. The van der Waals surface area contributed by atoms with Crippen molar-refractivity contribution in [3.8, 4) is 11.4 Å². The summed E-state index contributed by atoms with van der Waals surface area (Å²) < 4.78 is 1.96. The predicted octanol–water partition coefficient (Wildman–Crippen LogP) is 2.60. The van der Waals surface area contributed by atoms with Gasteiger partial charge in [0, 0.05) is 17.4 Å². The number of fused-ring (bicyclic) bond motifs is 1. The number of anilines is 1. The van der Waals surface area contributed by atoms with Crippen LogP contribution in [0.4, 0.5) is 5.69 Å². The van der Waals surface area contributed by atoms with Gasteiger partial charge in [0.05, 0.1) is 0 Å². The van der Waals surface area contributed by atoms with E-state index in [1.165, 1.54) is 5.56 Å². The van der Waals surface area contributed by atoms with E-state index in [0.29, 0.717) is 0 Å². The summed E-state index contributed by atoms with van der Waals surface area (Å²) in [6, 6.07) is 9.98. The summed E-state index contributed by atoms with van der Waals surface area (Å²) >= 11 is 0. The summed E-state index contributed by atoms with van der Waals surface area (Å²) in [7, 11) is 0. The van der Waals surface area contributed by atoms with E-state index < -0.39 is 0 Å². The largest absolute Gasteiger partial charge is 0.398 e. The molecule has 0 bridgehead atoms. The lowest BCUT2D eigenvalue weighted by Crippen LogP contribution is -1.97. The number of para-hydroxylation sites is 1. The fourth-order valence-electron chi connectivity index (χ4n) is 2.05. The van der Waals surface area contributed by atoms with Gasteiger partial charge in [-0.3, -0.25) is 4.40 Å². The highest BCUT2D eigenvalue weighted by Gasteiger charge is 2.11. The van der Waals surface area contributed by atoms with Crippen molar-refractivity contribution in [3.63, 3.8) is 0 Å². The number of nitrogen functional groups attached to an aromatic ring is 1. The number of hydrogen-bond donors (Lipinski definition) is 1. The van der Waals surface area contributed by atoms with Gasteiger partial charge in [0.25, 0.3) is 0 Å². The number of benzene rings is 1. The quantitative estimate of drug-likeness (QED) is 0.663. The van der Waals surface area contributed by atoms with Crippen LogP contribution in [-0.4, -0.2) is 14.6 Å². The second-order valence-corrected chi connectivity index (χ2v) is 4.49. The zero-order valence-corrected chi connectivity index (χ0v) is 10.4. The molecule has 4 nitrogen and oxygen atoms in total. The molecule has 3 rings (SSSR count). The molecule has 2 aromatic heterocycles. The van der Waals surface area contributed by atoms with Crippen molar-refractivity contribution in [1.82, 2.24) is 14.6 Å². The van der Waals surface area contributed by atoms with E-state index in [4.69, 9.17) is 5.73 Å². The number of aryl methyl sites for hydroxylation is 2. The third kappa shape index (κ3) is 1.54. The smallest absolute Gasteiger partial charge is 0.170 e. The summed E-state index contributed by atoms with van der Waals surface area (Å²) in [5.41, 5.74) is 10.8. The van der Waals surface area contributed by atoms with Crippen molar-refractivity contribution in [3.05, 3.63) is 47.7 Å². The number of nitrogens with zero attached hydrogens (tertiary/aromatic N) is 3. The Kier molecular flexibility index (Phi) is 2.30. The Hall–Kier alpha value is -2.36. The molecule has 0 unspecified atom stereocenters. The minimum absolute atomic E-state index is 0.757. The maximum absolute atomic E-state index is 6.11. The molecule has 0 radical (unpaired) electrons. The number of hydrogen-bond acceptors (Lipinski definition) is 3. The SMILES string of the molecule is Cc1ccn2c(-c3cccc(C)c3N)nnc2c1. The third-order valence-corrected chi connectivity index (χ3v) is 3.13. The van der Waals surface area contributed by atoms with E-state index in [2.05, 4.69) is 10.2 Å². The molecule has 0 saturated carbocycles. The lowest BCUT2D eigenvalue weighted by Gasteiger charge is -2.06. The summed E-state index contributed by atoms with van der Waals surface area (Å²) in [6.45, 7) is 4.03. The lowest BCUT2D eigenvalue weighted by molar-refractivity contribution is 1.11. The van der Waals surface area contributed by atoms with Gasteiger partial charge in [-0.1, -0.05) is 12.1 Å². The van der Waals surface area contributed by atoms with Crippen molar-refractivity contribution in [1.29, 1.82) is 0 Å². The van der Waals surface area contributed by atoms with Gasteiger partial charge in [-0.25, -0.2) is 0 Å². The molecule has 0 amide bonds. The van der Waals surface area contributed by atoms with Crippen LogP contribution in [0.3, 0.4) is 0 Å². The molecular weight excluding hydrogens is 224 g/mol. The minimum atomic E-state index is 0.757. The molecule has 0 spiro atoms. The van der Waals surface area contributed by atoms with Crippen molar-refractivity contribution in [2.75, 3.05) is 5.73 Å². The van der Waals surface area contributed by atoms with E-state index in [0.717, 1.165) is 28.3 Å². The second kappa shape index (κ2) is 3.84. The van der Waals surface area contributed by atoms with Crippen LogP contribution in [0.5, 0.6) is 0 Å². The Labute approximate surface area is 105 Å². The first-order valence-electron chi connectivity index (χ1n) is 5.83. The van der Waals surface area contributed by atoms with Gasteiger partial charge >= 0.3 is 0 Å². The van der Waals surface area contributed by atoms with Crippen molar-refractivity contribution in [2.45, 2.75) is 13.8 Å². The topological polar surface area (TPSA) is 56.2 Å². The molecule has 90 valence electrons. The zero-order valence-electron chi connectivity index (χ0n) is 10.4. The summed E-state index contributed by atoms with van der Waals surface area (Å²) in [4.78, 5) is 0. The van der Waals surface area contributed by atoms with Gasteiger partial charge in [0.1, 0.15) is 0 Å². The van der Waals surface area contributed by atoms with Crippen LogP contribution in [0.15, 0.2) is 36.5 Å². The monoisotopic (exact) mass is 238 g/mol. The van der Waals surface area contributed by atoms with Crippen molar-refractivity contribution >= 4 is 11.3 Å². The molecule has 4 heteroatoms. The van der Waals surface area contributed by atoms with Crippen LogP contribution in [0.2, 0.25) is 0 Å². The van der Waals surface area contributed by atoms with Crippen LogP contribution < -0.4 is 5.73 Å². The third-order valence-electron chi connectivity index (χ3n) is 3.13. The van der Waals surface area contributed by atoms with Crippen molar-refractivity contribution < 1.29 is 0 Å². The molecule has 0 aliphatic carbocycles. The molecule has 0 fully saturated rings. The van der Waals surface area contributed by atoms with Crippen LogP contribution >= 0.6 is 0 Å². The van der Waals surface area contributed by atoms with E-state index in [-0.39, 0.29) is 0 Å². The standard InChI is InChI=1S/C14H14N4/c1-9-6-7-18-12(8-9)16-17-14(18)11-5-3-4-10(2)13(11)15/h3-8H,15H2,1-2H3. The number of rotatable bonds is 1. The van der Waals surface area contributed by atoms with E-state index in [1.54, 1.807) is 0 Å². The highest BCUT2D eigenvalue weighted by atomic mass is 15.2. The van der Waals surface area contributed by atoms with Crippen LogP contribution in [0.1, 0.15) is 11.1 Å². The molecule has 0 aliphatic rings. The Bertz CT molecular complexity index is 728. The average Bonchev–Trinajstić information content (AvgIpc) is 2.75. The number of pyridine rings is 1. The fraction of sp³-hybridized carbons (Fsp3) is 0.143. The van der Waals surface area contributed by atoms with Gasteiger partial charge in [-0.2, -0.15) is 0 Å². The van der Waals surface area contributed by atoms with E-state index in [9.17, 15) is 0 Å². The molecule has 18 heavy (non-hydrogen) atoms. The Morgan fingerprint density at radius 1 is 1.11 bits per heavy atom. The van der Waals surface area contributed by atoms with Gasteiger partial charge in [0.2, 0.25) is 0 Å². The first kappa shape index (κ1) is 10.8. The van der Waals surface area contributed by atoms with Gasteiger partial charge in [0.15, 0.2) is 11.5 Å². The Morgan fingerprint density at radius 3 is 2.78 bits per heavy atom. The van der Waals surface area contributed by atoms with E-state index in [1.807, 2.05) is 54.8 Å². The highest BCUT2D eigenvalue weighted by Crippen LogP contribution is 2.27. The molecule has 2 heterocycles. The van der Waals surface area contributed by atoms with Crippen molar-refractivity contribution in [2.24, 2.45) is 0 Å². The molecule has 0 atom stereocenters. The zero-order chi connectivity index (χ0) is 12.7. The maximum atomic E-state index is 6.11.